The molecule has 0 fully saturated rings. The first-order chi connectivity index (χ1) is 11.3. The summed E-state index contributed by atoms with van der Waals surface area (Å²) in [7, 11) is 0. The minimum absolute atomic E-state index is 0.738. The van der Waals surface area contributed by atoms with E-state index in [1.54, 1.807) is 23.9 Å². The van der Waals surface area contributed by atoms with Crippen molar-refractivity contribution in [2.75, 3.05) is 5.43 Å². The van der Waals surface area contributed by atoms with Crippen molar-refractivity contribution in [1.82, 2.24) is 15.0 Å². The molecule has 0 radical (unpaired) electrons. The summed E-state index contributed by atoms with van der Waals surface area (Å²) in [6.45, 7) is 2.14. The first kappa shape index (κ1) is 13.9. The van der Waals surface area contributed by atoms with Gasteiger partial charge < -0.3 is 4.98 Å². The number of fused-ring (bicyclic) bond motifs is 2. The molecule has 0 saturated carbocycles. The third-order valence-corrected chi connectivity index (χ3v) is 4.91. The zero-order valence-electron chi connectivity index (χ0n) is 12.6. The van der Waals surface area contributed by atoms with E-state index in [1.165, 1.54) is 4.88 Å². The Kier molecular flexibility index (Phi) is 3.51. The number of hydrazone groups is 1. The first-order valence-electron chi connectivity index (χ1n) is 7.44. The number of benzene rings is 1. The van der Waals surface area contributed by atoms with E-state index in [9.17, 15) is 0 Å². The summed E-state index contributed by atoms with van der Waals surface area (Å²) in [6, 6.07) is 10.3. The third kappa shape index (κ3) is 2.57. The highest BCUT2D eigenvalue weighted by Gasteiger charge is 2.07. The Bertz CT molecular complexity index is 998. The third-order valence-electron chi connectivity index (χ3n) is 3.72. The fourth-order valence-electron chi connectivity index (χ4n) is 2.53. The van der Waals surface area contributed by atoms with E-state index >= 15 is 0 Å². The van der Waals surface area contributed by atoms with E-state index in [1.807, 2.05) is 24.4 Å². The van der Waals surface area contributed by atoms with Crippen LogP contribution in [0.4, 0.5) is 5.82 Å². The molecule has 0 aliphatic rings. The number of rotatable bonds is 4. The van der Waals surface area contributed by atoms with Crippen molar-refractivity contribution in [3.63, 3.8) is 0 Å². The topological polar surface area (TPSA) is 66.0 Å². The molecule has 0 amide bonds. The average molecular weight is 321 g/mol. The minimum atomic E-state index is 0.738. The molecule has 0 aliphatic heterocycles. The van der Waals surface area contributed by atoms with E-state index in [0.717, 1.165) is 38.9 Å². The number of aryl methyl sites for hydroxylation is 1. The number of anilines is 1. The molecule has 0 atom stereocenters. The molecule has 1 aromatic carbocycles. The predicted octanol–water partition coefficient (Wildman–Crippen LogP) is 4.18. The highest BCUT2D eigenvalue weighted by Crippen LogP contribution is 2.28. The van der Waals surface area contributed by atoms with Gasteiger partial charge in [-0.1, -0.05) is 25.1 Å². The number of para-hydroxylation sites is 1. The van der Waals surface area contributed by atoms with Crippen LogP contribution in [0, 0.1) is 0 Å². The quantitative estimate of drug-likeness (QED) is 0.438. The molecule has 5 nitrogen and oxygen atoms in total. The Morgan fingerprint density at radius 2 is 2.17 bits per heavy atom. The molecule has 23 heavy (non-hydrogen) atoms. The predicted molar refractivity (Wildman–Crippen MR) is 96.3 cm³/mol. The summed E-state index contributed by atoms with van der Waals surface area (Å²) in [5.41, 5.74) is 5.18. The van der Waals surface area contributed by atoms with Crippen LogP contribution in [0.2, 0.25) is 0 Å². The molecule has 0 aliphatic carbocycles. The summed E-state index contributed by atoms with van der Waals surface area (Å²) >= 11 is 1.70. The van der Waals surface area contributed by atoms with E-state index < -0.39 is 0 Å². The minimum Gasteiger partial charge on any atom is -0.361 e. The summed E-state index contributed by atoms with van der Waals surface area (Å²) < 4.78 is 0. The largest absolute Gasteiger partial charge is 0.361 e. The van der Waals surface area contributed by atoms with Crippen molar-refractivity contribution in [3.05, 3.63) is 53.3 Å². The van der Waals surface area contributed by atoms with Gasteiger partial charge in [0.2, 0.25) is 0 Å². The van der Waals surface area contributed by atoms with Gasteiger partial charge in [-0.2, -0.15) is 5.10 Å². The van der Waals surface area contributed by atoms with Crippen LogP contribution >= 0.6 is 11.3 Å². The Balaban J connectivity index is 1.62. The van der Waals surface area contributed by atoms with Crippen LogP contribution in [0.15, 0.2) is 48.0 Å². The van der Waals surface area contributed by atoms with Crippen LogP contribution in [0.1, 0.15) is 17.4 Å². The van der Waals surface area contributed by atoms with Gasteiger partial charge in [-0.15, -0.1) is 11.3 Å². The van der Waals surface area contributed by atoms with Crippen LogP contribution in [-0.2, 0) is 6.42 Å². The average Bonchev–Trinajstić information content (AvgIpc) is 3.19. The van der Waals surface area contributed by atoms with Crippen LogP contribution in [-0.4, -0.2) is 21.2 Å². The lowest BCUT2D eigenvalue weighted by molar-refractivity contribution is 1.18. The first-order valence-corrected chi connectivity index (χ1v) is 8.25. The molecule has 3 aromatic heterocycles. The number of nitrogens with one attached hydrogen (secondary N) is 2. The van der Waals surface area contributed by atoms with E-state index in [0.29, 0.717) is 0 Å². The van der Waals surface area contributed by atoms with Crippen LogP contribution in [0.5, 0.6) is 0 Å². The molecule has 114 valence electrons. The molecule has 2 N–H and O–H groups in total. The maximum absolute atomic E-state index is 4.34. The lowest BCUT2D eigenvalue weighted by Crippen LogP contribution is -1.94. The van der Waals surface area contributed by atoms with Gasteiger partial charge in [-0.25, -0.2) is 9.97 Å². The molecule has 4 aromatic rings. The molecular formula is C17H15N5S. The van der Waals surface area contributed by atoms with Gasteiger partial charge in [0.1, 0.15) is 11.2 Å². The SMILES string of the molecule is CCc1cc2c(NN=Cc3c[nH]c4ccccc34)ncnc2s1. The van der Waals surface area contributed by atoms with Crippen molar-refractivity contribution >= 4 is 44.5 Å². The van der Waals surface area contributed by atoms with Gasteiger partial charge in [-0.3, -0.25) is 5.43 Å². The van der Waals surface area contributed by atoms with E-state index in [2.05, 4.69) is 44.5 Å². The Morgan fingerprint density at radius 1 is 1.26 bits per heavy atom. The zero-order valence-corrected chi connectivity index (χ0v) is 13.4. The van der Waals surface area contributed by atoms with Crippen molar-refractivity contribution in [1.29, 1.82) is 0 Å². The van der Waals surface area contributed by atoms with Gasteiger partial charge in [0.15, 0.2) is 5.82 Å². The van der Waals surface area contributed by atoms with E-state index in [4.69, 9.17) is 0 Å². The maximum Gasteiger partial charge on any atom is 0.158 e. The Labute approximate surface area is 137 Å². The molecule has 0 saturated heterocycles. The number of aromatic amines is 1. The standard InChI is InChI=1S/C17H15N5S/c1-2-12-7-14-16(19-10-20-17(14)23-12)22-21-9-11-8-18-15-6-4-3-5-13(11)15/h3-10,18H,2H2,1H3,(H,19,20,22). The number of hydrogen-bond donors (Lipinski definition) is 2. The van der Waals surface area contributed by atoms with Gasteiger partial charge >= 0.3 is 0 Å². The van der Waals surface area contributed by atoms with Crippen LogP contribution in [0.3, 0.4) is 0 Å². The fourth-order valence-corrected chi connectivity index (χ4v) is 3.47. The lowest BCUT2D eigenvalue weighted by Gasteiger charge is -1.99. The maximum atomic E-state index is 4.34. The van der Waals surface area contributed by atoms with Crippen LogP contribution < -0.4 is 5.43 Å². The molecular weight excluding hydrogens is 306 g/mol. The molecule has 4 rings (SSSR count). The summed E-state index contributed by atoms with van der Waals surface area (Å²) in [5, 5.41) is 6.51. The number of nitrogens with zero attached hydrogens (tertiary/aromatic N) is 3. The monoisotopic (exact) mass is 321 g/mol. The smallest absolute Gasteiger partial charge is 0.158 e. The zero-order chi connectivity index (χ0) is 15.6. The second-order valence-electron chi connectivity index (χ2n) is 5.17. The van der Waals surface area contributed by atoms with E-state index in [-0.39, 0.29) is 0 Å². The van der Waals surface area contributed by atoms with Gasteiger partial charge in [0.05, 0.1) is 11.6 Å². The summed E-state index contributed by atoms with van der Waals surface area (Å²) in [5.74, 6) is 0.738. The Hall–Kier alpha value is -2.73. The highest BCUT2D eigenvalue weighted by molar-refractivity contribution is 7.18. The molecule has 3 heterocycles. The number of hydrogen-bond acceptors (Lipinski definition) is 5. The summed E-state index contributed by atoms with van der Waals surface area (Å²) in [6.07, 6.45) is 6.33. The van der Waals surface area contributed by atoms with Crippen molar-refractivity contribution in [2.24, 2.45) is 5.10 Å². The van der Waals surface area contributed by atoms with Crippen LogP contribution in [0.25, 0.3) is 21.1 Å². The number of aromatic nitrogens is 3. The van der Waals surface area contributed by atoms with Gasteiger partial charge in [0, 0.05) is 27.5 Å². The van der Waals surface area contributed by atoms with Crippen molar-refractivity contribution < 1.29 is 0 Å². The molecule has 0 bridgehead atoms. The van der Waals surface area contributed by atoms with Gasteiger partial charge in [-0.05, 0) is 18.6 Å². The van der Waals surface area contributed by atoms with Crippen molar-refractivity contribution in [2.45, 2.75) is 13.3 Å². The van der Waals surface area contributed by atoms with Crippen molar-refractivity contribution in [3.8, 4) is 0 Å². The molecule has 0 spiro atoms. The second-order valence-corrected chi connectivity index (χ2v) is 6.28. The summed E-state index contributed by atoms with van der Waals surface area (Å²) in [4.78, 5) is 14.1. The Morgan fingerprint density at radius 3 is 3.09 bits per heavy atom. The number of thiophene rings is 1. The molecule has 6 heteroatoms. The van der Waals surface area contributed by atoms with Gasteiger partial charge in [0.25, 0.3) is 0 Å². The fraction of sp³-hybridized carbons (Fsp3) is 0.118. The second kappa shape index (κ2) is 5.81. The number of H-pyrrole nitrogens is 1. The molecule has 0 unspecified atom stereocenters. The highest BCUT2D eigenvalue weighted by atomic mass is 32.1. The normalized spacial score (nSPS) is 11.7. The lowest BCUT2D eigenvalue weighted by atomic mass is 10.2.